The predicted molar refractivity (Wildman–Crippen MR) is 122 cm³/mol. The second-order valence-corrected chi connectivity index (χ2v) is 9.38. The summed E-state index contributed by atoms with van der Waals surface area (Å²) < 4.78 is 39.6. The van der Waals surface area contributed by atoms with Crippen LogP contribution in [0.1, 0.15) is 15.9 Å². The molecule has 1 aliphatic heterocycles. The minimum atomic E-state index is -3.99. The Kier molecular flexibility index (Phi) is 6.25. The zero-order valence-electron chi connectivity index (χ0n) is 17.2. The fourth-order valence-electron chi connectivity index (χ4n) is 3.15. The molecule has 0 saturated heterocycles. The summed E-state index contributed by atoms with van der Waals surface area (Å²) in [6.07, 6.45) is -0.368. The average molecular weight is 473 g/mol. The Morgan fingerprint density at radius 3 is 2.53 bits per heavy atom. The van der Waals surface area contributed by atoms with Crippen LogP contribution in [0.5, 0.6) is 11.5 Å². The number of amides is 1. The van der Waals surface area contributed by atoms with Crippen LogP contribution in [0.3, 0.4) is 0 Å². The molecule has 7 nitrogen and oxygen atoms in total. The van der Waals surface area contributed by atoms with Crippen LogP contribution in [-0.2, 0) is 10.0 Å². The van der Waals surface area contributed by atoms with Gasteiger partial charge in [-0.05, 0) is 49.4 Å². The van der Waals surface area contributed by atoms with Crippen molar-refractivity contribution in [3.63, 3.8) is 0 Å². The van der Waals surface area contributed by atoms with E-state index in [-0.39, 0.29) is 34.7 Å². The molecular weight excluding hydrogens is 452 g/mol. The normalized spacial score (nSPS) is 15.1. The molecule has 0 aromatic heterocycles. The summed E-state index contributed by atoms with van der Waals surface area (Å²) >= 11 is 6.14. The number of nitrogens with one attached hydrogen (secondary N) is 2. The van der Waals surface area contributed by atoms with Crippen LogP contribution < -0.4 is 19.5 Å². The molecule has 0 bridgehead atoms. The topological polar surface area (TPSA) is 93.7 Å². The lowest BCUT2D eigenvalue weighted by Crippen LogP contribution is -2.40. The van der Waals surface area contributed by atoms with Crippen LogP contribution in [-0.4, -0.2) is 33.6 Å². The van der Waals surface area contributed by atoms with Crippen LogP contribution in [0.25, 0.3) is 0 Å². The highest BCUT2D eigenvalue weighted by molar-refractivity contribution is 7.92. The fraction of sp³-hybridized carbons (Fsp3) is 0.174. The minimum Gasteiger partial charge on any atom is -0.486 e. The third-order valence-electron chi connectivity index (χ3n) is 4.84. The van der Waals surface area contributed by atoms with Crippen LogP contribution in [0.15, 0.2) is 71.6 Å². The number of sulfonamides is 1. The molecule has 1 atom stereocenters. The van der Waals surface area contributed by atoms with Crippen molar-refractivity contribution in [1.29, 1.82) is 0 Å². The number of hydrogen-bond acceptors (Lipinski definition) is 5. The summed E-state index contributed by atoms with van der Waals surface area (Å²) in [6.45, 7) is 2.39. The SMILES string of the molecule is Cc1ccc(NS(=O)(=O)c2cc(C(=O)NC[C@H]3COc4ccccc4O3)ccc2Cl)cc1. The number of aryl methyl sites for hydroxylation is 1. The lowest BCUT2D eigenvalue weighted by atomic mass is 10.2. The first-order valence-electron chi connectivity index (χ1n) is 9.87. The summed E-state index contributed by atoms with van der Waals surface area (Å²) in [5, 5.41) is 2.77. The van der Waals surface area contributed by atoms with E-state index in [4.69, 9.17) is 21.1 Å². The van der Waals surface area contributed by atoms with Gasteiger partial charge >= 0.3 is 0 Å². The molecule has 0 saturated carbocycles. The summed E-state index contributed by atoms with van der Waals surface area (Å²) in [6, 6.07) is 18.3. The Balaban J connectivity index is 1.45. The molecule has 0 spiro atoms. The van der Waals surface area contributed by atoms with Crippen molar-refractivity contribution in [1.82, 2.24) is 5.32 Å². The highest BCUT2D eigenvalue weighted by atomic mass is 35.5. The van der Waals surface area contributed by atoms with Gasteiger partial charge in [0.25, 0.3) is 15.9 Å². The van der Waals surface area contributed by atoms with E-state index in [1.165, 1.54) is 18.2 Å². The number of anilines is 1. The van der Waals surface area contributed by atoms with Crippen molar-refractivity contribution < 1.29 is 22.7 Å². The monoisotopic (exact) mass is 472 g/mol. The van der Waals surface area contributed by atoms with Gasteiger partial charge in [-0.15, -0.1) is 0 Å². The van der Waals surface area contributed by atoms with Gasteiger partial charge in [0.15, 0.2) is 11.5 Å². The molecular formula is C23H21ClN2O5S. The fourth-order valence-corrected chi connectivity index (χ4v) is 4.74. The molecule has 3 aromatic rings. The third kappa shape index (κ3) is 4.98. The summed E-state index contributed by atoms with van der Waals surface area (Å²) in [4.78, 5) is 12.5. The lowest BCUT2D eigenvalue weighted by molar-refractivity contribution is 0.0789. The van der Waals surface area contributed by atoms with E-state index in [1.54, 1.807) is 30.3 Å². The second kappa shape index (κ2) is 9.10. The van der Waals surface area contributed by atoms with Crippen molar-refractivity contribution in [2.24, 2.45) is 0 Å². The maximum Gasteiger partial charge on any atom is 0.263 e. The van der Waals surface area contributed by atoms with Crippen molar-refractivity contribution in [3.05, 3.63) is 82.9 Å². The maximum absolute atomic E-state index is 12.8. The summed E-state index contributed by atoms with van der Waals surface area (Å²) in [5.41, 5.74) is 1.56. The Hall–Kier alpha value is -3.23. The molecule has 166 valence electrons. The first-order chi connectivity index (χ1) is 15.3. The average Bonchev–Trinajstić information content (AvgIpc) is 2.79. The van der Waals surface area contributed by atoms with E-state index in [9.17, 15) is 13.2 Å². The lowest BCUT2D eigenvalue weighted by Gasteiger charge is -2.26. The first-order valence-corrected chi connectivity index (χ1v) is 11.7. The van der Waals surface area contributed by atoms with E-state index in [2.05, 4.69) is 10.0 Å². The summed E-state index contributed by atoms with van der Waals surface area (Å²) in [5.74, 6) is 0.819. The standard InChI is InChI=1S/C23H21ClN2O5S/c1-15-6-9-17(10-7-15)26-32(28,29)22-12-16(8-11-19(22)24)23(27)25-13-18-14-30-20-4-2-3-5-21(20)31-18/h2-12,18,26H,13-14H2,1H3,(H,25,27)/t18-/m0/s1. The van der Waals surface area contributed by atoms with Crippen molar-refractivity contribution in [3.8, 4) is 11.5 Å². The number of carbonyl (C=O) groups excluding carboxylic acids is 1. The molecule has 0 unspecified atom stereocenters. The van der Waals surface area contributed by atoms with Crippen LogP contribution in [0.2, 0.25) is 5.02 Å². The van der Waals surface area contributed by atoms with Crippen LogP contribution >= 0.6 is 11.6 Å². The van der Waals surface area contributed by atoms with Crippen molar-refractivity contribution in [2.45, 2.75) is 17.9 Å². The number of ether oxygens (including phenoxy) is 2. The largest absolute Gasteiger partial charge is 0.486 e. The zero-order valence-corrected chi connectivity index (χ0v) is 18.7. The van der Waals surface area contributed by atoms with Gasteiger partial charge in [0, 0.05) is 11.3 Å². The molecule has 1 amide bonds. The van der Waals surface area contributed by atoms with E-state index in [0.29, 0.717) is 17.2 Å². The Bertz CT molecular complexity index is 1250. The number of halogens is 1. The minimum absolute atomic E-state index is 0.0155. The van der Waals surface area contributed by atoms with Gasteiger partial charge in [0.05, 0.1) is 11.6 Å². The van der Waals surface area contributed by atoms with E-state index < -0.39 is 15.9 Å². The Morgan fingerprint density at radius 2 is 1.78 bits per heavy atom. The van der Waals surface area contributed by atoms with Gasteiger partial charge in [-0.25, -0.2) is 8.42 Å². The van der Waals surface area contributed by atoms with Crippen LogP contribution in [0.4, 0.5) is 5.69 Å². The van der Waals surface area contributed by atoms with Gasteiger partial charge in [-0.2, -0.15) is 0 Å². The molecule has 9 heteroatoms. The smallest absolute Gasteiger partial charge is 0.263 e. The van der Waals surface area contributed by atoms with Gasteiger partial charge in [0.1, 0.15) is 17.6 Å². The molecule has 4 rings (SSSR count). The van der Waals surface area contributed by atoms with Gasteiger partial charge in [0.2, 0.25) is 0 Å². The van der Waals surface area contributed by atoms with Crippen molar-refractivity contribution >= 4 is 33.2 Å². The number of para-hydroxylation sites is 2. The zero-order chi connectivity index (χ0) is 22.7. The molecule has 3 aromatic carbocycles. The van der Waals surface area contributed by atoms with Crippen molar-refractivity contribution in [2.75, 3.05) is 17.9 Å². The molecule has 1 heterocycles. The molecule has 0 radical (unpaired) electrons. The Morgan fingerprint density at radius 1 is 1.06 bits per heavy atom. The van der Waals surface area contributed by atoms with Crippen LogP contribution in [0, 0.1) is 6.92 Å². The van der Waals surface area contributed by atoms with E-state index in [0.717, 1.165) is 5.56 Å². The number of carbonyl (C=O) groups is 1. The number of hydrogen-bond donors (Lipinski definition) is 2. The molecule has 32 heavy (non-hydrogen) atoms. The molecule has 2 N–H and O–H groups in total. The second-order valence-electron chi connectivity index (χ2n) is 7.32. The Labute approximate surface area is 191 Å². The first kappa shape index (κ1) is 22.0. The van der Waals surface area contributed by atoms with Gasteiger partial charge in [-0.3, -0.25) is 9.52 Å². The highest BCUT2D eigenvalue weighted by Crippen LogP contribution is 2.30. The number of rotatable bonds is 6. The molecule has 1 aliphatic rings. The highest BCUT2D eigenvalue weighted by Gasteiger charge is 2.23. The number of fused-ring (bicyclic) bond motifs is 1. The van der Waals surface area contributed by atoms with Gasteiger partial charge in [-0.1, -0.05) is 41.4 Å². The quantitative estimate of drug-likeness (QED) is 0.565. The third-order valence-corrected chi connectivity index (χ3v) is 6.71. The predicted octanol–water partition coefficient (Wildman–Crippen LogP) is 4.02. The van der Waals surface area contributed by atoms with Gasteiger partial charge < -0.3 is 14.8 Å². The number of benzene rings is 3. The van der Waals surface area contributed by atoms with E-state index >= 15 is 0 Å². The maximum atomic E-state index is 12.8. The summed E-state index contributed by atoms with van der Waals surface area (Å²) in [7, 11) is -3.99. The molecule has 0 aliphatic carbocycles. The molecule has 0 fully saturated rings. The van der Waals surface area contributed by atoms with E-state index in [1.807, 2.05) is 25.1 Å².